The van der Waals surface area contributed by atoms with Gasteiger partial charge in [-0.25, -0.2) is 0 Å². The molecular formula is C12H13F3O4S. The molecule has 8 heteroatoms. The van der Waals surface area contributed by atoms with Crippen LogP contribution in [0, 0.1) is 0 Å². The Hall–Kier alpha value is -1.41. The quantitative estimate of drug-likeness (QED) is 0.836. The van der Waals surface area contributed by atoms with Gasteiger partial charge in [0.15, 0.2) is 0 Å². The van der Waals surface area contributed by atoms with E-state index in [-0.39, 0.29) is 6.42 Å². The fourth-order valence-corrected chi connectivity index (χ4v) is 2.46. The van der Waals surface area contributed by atoms with Crippen molar-refractivity contribution in [2.24, 2.45) is 0 Å². The molecule has 0 aliphatic carbocycles. The molecule has 1 aromatic rings. The molecule has 2 atom stereocenters. The summed E-state index contributed by atoms with van der Waals surface area (Å²) in [5.74, 6) is -2.09. The lowest BCUT2D eigenvalue weighted by atomic mass is 10.1. The third-order valence-electron chi connectivity index (χ3n) is 2.32. The minimum atomic E-state index is -4.53. The zero-order chi connectivity index (χ0) is 15.2. The Bertz CT molecular complexity index is 462. The van der Waals surface area contributed by atoms with E-state index < -0.39 is 40.7 Å². The van der Waals surface area contributed by atoms with E-state index in [0.29, 0.717) is 5.56 Å². The molecule has 2 unspecified atom stereocenters. The summed E-state index contributed by atoms with van der Waals surface area (Å²) in [6.45, 7) is -1.55. The second-order valence-electron chi connectivity index (χ2n) is 3.98. The van der Waals surface area contributed by atoms with Gasteiger partial charge >= 0.3 is 12.1 Å². The molecule has 0 bridgehead atoms. The fraction of sp³-hybridized carbons (Fsp3) is 0.417. The average Bonchev–Trinajstić information content (AvgIpc) is 2.35. The van der Waals surface area contributed by atoms with Crippen molar-refractivity contribution in [1.29, 1.82) is 0 Å². The molecule has 4 nitrogen and oxygen atoms in total. The van der Waals surface area contributed by atoms with Crippen LogP contribution in [-0.4, -0.2) is 39.3 Å². The van der Waals surface area contributed by atoms with Crippen molar-refractivity contribution < 1.29 is 32.0 Å². The minimum Gasteiger partial charge on any atom is -0.480 e. The van der Waals surface area contributed by atoms with Crippen LogP contribution in [0.5, 0.6) is 0 Å². The van der Waals surface area contributed by atoms with E-state index in [1.54, 1.807) is 30.3 Å². The van der Waals surface area contributed by atoms with Gasteiger partial charge in [-0.2, -0.15) is 13.2 Å². The van der Waals surface area contributed by atoms with Gasteiger partial charge in [0.05, 0.1) is 10.8 Å². The molecule has 0 fully saturated rings. The van der Waals surface area contributed by atoms with Crippen molar-refractivity contribution in [1.82, 2.24) is 0 Å². The van der Waals surface area contributed by atoms with Crippen LogP contribution in [0.1, 0.15) is 5.56 Å². The van der Waals surface area contributed by atoms with E-state index in [1.165, 1.54) is 0 Å². The van der Waals surface area contributed by atoms with Gasteiger partial charge in [0.2, 0.25) is 0 Å². The standard InChI is InChI=1S/C12H13F3O4S/c13-12(14,15)7-19-8-20(18)10(11(16)17)6-9-4-2-1-3-5-9/h1-5,10H,6-8H2,(H,16,17). The normalized spacial score (nSPS) is 14.8. The second kappa shape index (κ2) is 7.39. The minimum absolute atomic E-state index is 0.0296. The van der Waals surface area contributed by atoms with Crippen molar-refractivity contribution in [3.8, 4) is 0 Å². The molecule has 0 aliphatic rings. The third kappa shape index (κ3) is 6.16. The summed E-state index contributed by atoms with van der Waals surface area (Å²) in [6, 6.07) is 8.44. The molecule has 0 aromatic heterocycles. The summed E-state index contributed by atoms with van der Waals surface area (Å²) in [4.78, 5) is 11.0. The summed E-state index contributed by atoms with van der Waals surface area (Å²) in [5, 5.41) is 7.69. The average molecular weight is 310 g/mol. The maximum atomic E-state index is 11.9. The third-order valence-corrected chi connectivity index (χ3v) is 3.72. The highest BCUT2D eigenvalue weighted by Crippen LogP contribution is 2.15. The Kier molecular flexibility index (Phi) is 6.15. The van der Waals surface area contributed by atoms with Gasteiger partial charge in [-0.1, -0.05) is 30.3 Å². The van der Waals surface area contributed by atoms with Gasteiger partial charge in [0, 0.05) is 0 Å². The Morgan fingerprint density at radius 3 is 2.40 bits per heavy atom. The molecule has 0 saturated heterocycles. The summed E-state index contributed by atoms with van der Waals surface area (Å²) in [7, 11) is -2.04. The summed E-state index contributed by atoms with van der Waals surface area (Å²) in [6.07, 6.45) is -4.56. The van der Waals surface area contributed by atoms with Crippen molar-refractivity contribution >= 4 is 16.8 Å². The second-order valence-corrected chi connectivity index (χ2v) is 5.55. The number of benzene rings is 1. The Labute approximate surface area is 116 Å². The van der Waals surface area contributed by atoms with Crippen LogP contribution in [0.4, 0.5) is 13.2 Å². The van der Waals surface area contributed by atoms with E-state index in [4.69, 9.17) is 5.11 Å². The zero-order valence-electron chi connectivity index (χ0n) is 10.3. The van der Waals surface area contributed by atoms with E-state index in [0.717, 1.165) is 0 Å². The van der Waals surface area contributed by atoms with Crippen LogP contribution in [0.15, 0.2) is 30.3 Å². The zero-order valence-corrected chi connectivity index (χ0v) is 11.1. The Morgan fingerprint density at radius 2 is 1.90 bits per heavy atom. The fourth-order valence-electron chi connectivity index (χ4n) is 1.44. The van der Waals surface area contributed by atoms with Crippen LogP contribution in [0.3, 0.4) is 0 Å². The molecule has 0 radical (unpaired) electrons. The first kappa shape index (κ1) is 16.6. The molecule has 0 amide bonds. The highest BCUT2D eigenvalue weighted by Gasteiger charge is 2.30. The summed E-state index contributed by atoms with van der Waals surface area (Å²) in [5.41, 5.74) is 0.643. The number of hydrogen-bond donors (Lipinski definition) is 1. The summed E-state index contributed by atoms with van der Waals surface area (Å²) < 4.78 is 51.6. The van der Waals surface area contributed by atoms with Crippen LogP contribution in [0.25, 0.3) is 0 Å². The Morgan fingerprint density at radius 1 is 1.30 bits per heavy atom. The smallest absolute Gasteiger partial charge is 0.411 e. The van der Waals surface area contributed by atoms with Gasteiger partial charge in [0.1, 0.15) is 17.8 Å². The molecule has 0 spiro atoms. The van der Waals surface area contributed by atoms with Gasteiger partial charge in [-0.05, 0) is 12.0 Å². The van der Waals surface area contributed by atoms with Crippen molar-refractivity contribution in [3.63, 3.8) is 0 Å². The molecule has 112 valence electrons. The molecule has 1 rings (SSSR count). The summed E-state index contributed by atoms with van der Waals surface area (Å²) >= 11 is 0. The molecule has 1 N–H and O–H groups in total. The van der Waals surface area contributed by atoms with Crippen LogP contribution in [0.2, 0.25) is 0 Å². The number of carboxylic acids is 1. The molecule has 20 heavy (non-hydrogen) atoms. The number of carbonyl (C=O) groups is 1. The first-order valence-electron chi connectivity index (χ1n) is 5.58. The topological polar surface area (TPSA) is 63.6 Å². The predicted molar refractivity (Wildman–Crippen MR) is 66.6 cm³/mol. The molecule has 0 saturated carbocycles. The predicted octanol–water partition coefficient (Wildman–Crippen LogP) is 1.97. The van der Waals surface area contributed by atoms with Crippen LogP contribution >= 0.6 is 0 Å². The van der Waals surface area contributed by atoms with Crippen LogP contribution in [-0.2, 0) is 26.8 Å². The van der Waals surface area contributed by atoms with Gasteiger partial charge < -0.3 is 9.84 Å². The maximum Gasteiger partial charge on any atom is 0.411 e. The lowest BCUT2D eigenvalue weighted by molar-refractivity contribution is -0.169. The van der Waals surface area contributed by atoms with E-state index in [2.05, 4.69) is 4.74 Å². The highest BCUT2D eigenvalue weighted by molar-refractivity contribution is 7.86. The lowest BCUT2D eigenvalue weighted by Gasteiger charge is -2.13. The monoisotopic (exact) mass is 310 g/mol. The SMILES string of the molecule is O=C(O)C(Cc1ccccc1)S(=O)COCC(F)(F)F. The van der Waals surface area contributed by atoms with Crippen molar-refractivity contribution in [3.05, 3.63) is 35.9 Å². The van der Waals surface area contributed by atoms with Crippen molar-refractivity contribution in [2.45, 2.75) is 17.8 Å². The number of alkyl halides is 3. The maximum absolute atomic E-state index is 11.9. The lowest BCUT2D eigenvalue weighted by Crippen LogP contribution is -2.31. The molecule has 0 aliphatic heterocycles. The van der Waals surface area contributed by atoms with Gasteiger partial charge in [-0.3, -0.25) is 9.00 Å². The largest absolute Gasteiger partial charge is 0.480 e. The molecular weight excluding hydrogens is 297 g/mol. The first-order chi connectivity index (χ1) is 9.29. The number of carboxylic acid groups (broad SMARTS) is 1. The number of aliphatic carboxylic acids is 1. The number of rotatable bonds is 7. The first-order valence-corrected chi connectivity index (χ1v) is 6.96. The Balaban J connectivity index is 2.58. The van der Waals surface area contributed by atoms with E-state index in [1.807, 2.05) is 0 Å². The highest BCUT2D eigenvalue weighted by atomic mass is 32.2. The molecule has 0 heterocycles. The van der Waals surface area contributed by atoms with E-state index in [9.17, 15) is 22.2 Å². The van der Waals surface area contributed by atoms with Crippen LogP contribution < -0.4 is 0 Å². The van der Waals surface area contributed by atoms with Gasteiger partial charge in [0.25, 0.3) is 0 Å². The molecule has 1 aromatic carbocycles. The number of ether oxygens (including phenoxy) is 1. The van der Waals surface area contributed by atoms with Gasteiger partial charge in [-0.15, -0.1) is 0 Å². The van der Waals surface area contributed by atoms with E-state index >= 15 is 0 Å². The number of halogens is 3. The van der Waals surface area contributed by atoms with Crippen molar-refractivity contribution in [2.75, 3.05) is 12.5 Å². The number of hydrogen-bond acceptors (Lipinski definition) is 3.